The molecule has 16 heavy (non-hydrogen) atoms. The van der Waals surface area contributed by atoms with Crippen LogP contribution in [0.25, 0.3) is 4.96 Å². The van der Waals surface area contributed by atoms with Crippen LogP contribution in [0.2, 0.25) is 0 Å². The zero-order chi connectivity index (χ0) is 11.5. The van der Waals surface area contributed by atoms with Crippen LogP contribution in [0.3, 0.4) is 0 Å². The Morgan fingerprint density at radius 3 is 2.94 bits per heavy atom. The zero-order valence-electron chi connectivity index (χ0n) is 9.68. The number of thiazole rings is 1. The Morgan fingerprint density at radius 2 is 2.31 bits per heavy atom. The van der Waals surface area contributed by atoms with Gasteiger partial charge in [-0.05, 0) is 13.3 Å². The van der Waals surface area contributed by atoms with Crippen LogP contribution in [0.4, 0.5) is 5.82 Å². The molecule has 0 spiro atoms. The summed E-state index contributed by atoms with van der Waals surface area (Å²) in [5.41, 5.74) is 0.895. The molecule has 0 bridgehead atoms. The van der Waals surface area contributed by atoms with E-state index in [1.54, 1.807) is 11.3 Å². The van der Waals surface area contributed by atoms with Gasteiger partial charge >= 0.3 is 0 Å². The molecule has 5 heteroatoms. The Balaban J connectivity index is 2.44. The number of anilines is 1. The lowest BCUT2D eigenvalue weighted by Crippen LogP contribution is -2.25. The standard InChI is InChI=1S/C11H17N3OS/c1-3-5-13(4-2)10-9(8-15)14-6-7-16-11(14)12-10/h6-7,15H,3-5,8H2,1-2H3. The van der Waals surface area contributed by atoms with Crippen molar-refractivity contribution >= 4 is 22.1 Å². The van der Waals surface area contributed by atoms with E-state index in [4.69, 9.17) is 0 Å². The summed E-state index contributed by atoms with van der Waals surface area (Å²) in [6.07, 6.45) is 3.05. The maximum absolute atomic E-state index is 9.45. The van der Waals surface area contributed by atoms with E-state index >= 15 is 0 Å². The number of nitrogens with zero attached hydrogens (tertiary/aromatic N) is 3. The van der Waals surface area contributed by atoms with Gasteiger partial charge < -0.3 is 10.0 Å². The molecule has 0 aliphatic carbocycles. The third-order valence-electron chi connectivity index (χ3n) is 2.66. The van der Waals surface area contributed by atoms with Crippen molar-refractivity contribution in [2.24, 2.45) is 0 Å². The van der Waals surface area contributed by atoms with Crippen molar-refractivity contribution < 1.29 is 5.11 Å². The van der Waals surface area contributed by atoms with Crippen LogP contribution in [0.5, 0.6) is 0 Å². The summed E-state index contributed by atoms with van der Waals surface area (Å²) >= 11 is 1.60. The first-order valence-electron chi connectivity index (χ1n) is 5.62. The van der Waals surface area contributed by atoms with Crippen LogP contribution in [-0.2, 0) is 6.61 Å². The maximum Gasteiger partial charge on any atom is 0.195 e. The number of aliphatic hydroxyl groups excluding tert-OH is 1. The first-order valence-corrected chi connectivity index (χ1v) is 6.50. The minimum atomic E-state index is 0.0352. The SMILES string of the molecule is CCCN(CC)c1nc2sccn2c1CO. The number of aromatic nitrogens is 2. The second kappa shape index (κ2) is 4.84. The first-order chi connectivity index (χ1) is 7.81. The van der Waals surface area contributed by atoms with Crippen LogP contribution in [0.1, 0.15) is 26.0 Å². The van der Waals surface area contributed by atoms with Crippen molar-refractivity contribution in [1.82, 2.24) is 9.38 Å². The Kier molecular flexibility index (Phi) is 3.46. The molecule has 2 rings (SSSR count). The number of hydrogen-bond acceptors (Lipinski definition) is 4. The number of hydrogen-bond donors (Lipinski definition) is 1. The summed E-state index contributed by atoms with van der Waals surface area (Å²) in [5.74, 6) is 0.929. The predicted octanol–water partition coefficient (Wildman–Crippen LogP) is 2.12. The molecule has 4 nitrogen and oxygen atoms in total. The summed E-state index contributed by atoms with van der Waals surface area (Å²) < 4.78 is 1.97. The molecular formula is C11H17N3OS. The van der Waals surface area contributed by atoms with Crippen molar-refractivity contribution in [2.45, 2.75) is 26.9 Å². The summed E-state index contributed by atoms with van der Waals surface area (Å²) in [5, 5.41) is 11.4. The van der Waals surface area contributed by atoms with Gasteiger partial charge in [-0.25, -0.2) is 4.98 Å². The predicted molar refractivity (Wildman–Crippen MR) is 67.2 cm³/mol. The van der Waals surface area contributed by atoms with Crippen LogP contribution < -0.4 is 4.90 Å². The quantitative estimate of drug-likeness (QED) is 0.869. The van der Waals surface area contributed by atoms with Crippen molar-refractivity contribution in [3.8, 4) is 0 Å². The van der Waals surface area contributed by atoms with Crippen LogP contribution in [0.15, 0.2) is 11.6 Å². The second-order valence-corrected chi connectivity index (χ2v) is 4.55. The molecule has 2 heterocycles. The summed E-state index contributed by atoms with van der Waals surface area (Å²) in [7, 11) is 0. The smallest absolute Gasteiger partial charge is 0.195 e. The fourth-order valence-corrected chi connectivity index (χ4v) is 2.63. The molecule has 0 radical (unpaired) electrons. The average molecular weight is 239 g/mol. The molecule has 2 aromatic rings. The third-order valence-corrected chi connectivity index (χ3v) is 3.42. The van der Waals surface area contributed by atoms with E-state index < -0.39 is 0 Å². The molecule has 0 fully saturated rings. The molecule has 0 aliphatic heterocycles. The summed E-state index contributed by atoms with van der Waals surface area (Å²) in [4.78, 5) is 7.75. The van der Waals surface area contributed by atoms with Gasteiger partial charge in [0, 0.05) is 24.7 Å². The highest BCUT2D eigenvalue weighted by Crippen LogP contribution is 2.24. The Labute approximate surface area is 99.2 Å². The lowest BCUT2D eigenvalue weighted by Gasteiger charge is -2.20. The monoisotopic (exact) mass is 239 g/mol. The van der Waals surface area contributed by atoms with Gasteiger partial charge in [-0.2, -0.15) is 0 Å². The van der Waals surface area contributed by atoms with Crippen LogP contribution in [-0.4, -0.2) is 27.6 Å². The van der Waals surface area contributed by atoms with Gasteiger partial charge in [0.2, 0.25) is 0 Å². The topological polar surface area (TPSA) is 40.8 Å². The second-order valence-electron chi connectivity index (χ2n) is 3.68. The van der Waals surface area contributed by atoms with Crippen molar-refractivity contribution in [3.63, 3.8) is 0 Å². The summed E-state index contributed by atoms with van der Waals surface area (Å²) in [6.45, 7) is 6.21. The molecule has 0 unspecified atom stereocenters. The first kappa shape index (κ1) is 11.4. The molecule has 1 N–H and O–H groups in total. The maximum atomic E-state index is 9.45. The number of fused-ring (bicyclic) bond motifs is 1. The minimum absolute atomic E-state index is 0.0352. The minimum Gasteiger partial charge on any atom is -0.390 e. The normalized spacial score (nSPS) is 11.2. The number of imidazole rings is 1. The zero-order valence-corrected chi connectivity index (χ0v) is 10.5. The van der Waals surface area contributed by atoms with Gasteiger partial charge in [0.15, 0.2) is 10.8 Å². The number of aliphatic hydroxyl groups is 1. The van der Waals surface area contributed by atoms with Crippen LogP contribution in [0, 0.1) is 0 Å². The van der Waals surface area contributed by atoms with Gasteiger partial charge in [-0.15, -0.1) is 11.3 Å². The molecular weight excluding hydrogens is 222 g/mol. The summed E-state index contributed by atoms with van der Waals surface area (Å²) in [6, 6.07) is 0. The largest absolute Gasteiger partial charge is 0.390 e. The molecule has 0 aromatic carbocycles. The Bertz CT molecular complexity index is 463. The Morgan fingerprint density at radius 1 is 1.50 bits per heavy atom. The molecule has 0 saturated carbocycles. The fourth-order valence-electron chi connectivity index (χ4n) is 1.91. The van der Waals surface area contributed by atoms with E-state index in [1.807, 2.05) is 16.0 Å². The van der Waals surface area contributed by atoms with Gasteiger partial charge in [-0.3, -0.25) is 4.40 Å². The molecule has 0 saturated heterocycles. The van der Waals surface area contributed by atoms with Gasteiger partial charge in [0.05, 0.1) is 12.3 Å². The van der Waals surface area contributed by atoms with Gasteiger partial charge in [0.25, 0.3) is 0 Å². The third kappa shape index (κ3) is 1.81. The van der Waals surface area contributed by atoms with Crippen LogP contribution >= 0.6 is 11.3 Å². The van der Waals surface area contributed by atoms with Gasteiger partial charge in [-0.1, -0.05) is 6.92 Å². The van der Waals surface area contributed by atoms with Crippen molar-refractivity contribution in [1.29, 1.82) is 0 Å². The van der Waals surface area contributed by atoms with E-state index in [0.717, 1.165) is 36.0 Å². The number of rotatable bonds is 5. The average Bonchev–Trinajstić information content (AvgIpc) is 2.85. The highest BCUT2D eigenvalue weighted by Gasteiger charge is 2.16. The van der Waals surface area contributed by atoms with E-state index in [2.05, 4.69) is 23.7 Å². The molecule has 0 atom stereocenters. The lowest BCUT2D eigenvalue weighted by atomic mass is 10.3. The van der Waals surface area contributed by atoms with Crippen molar-refractivity contribution in [3.05, 3.63) is 17.3 Å². The van der Waals surface area contributed by atoms with E-state index in [0.29, 0.717) is 0 Å². The van der Waals surface area contributed by atoms with E-state index in [9.17, 15) is 5.11 Å². The Hall–Kier alpha value is -1.07. The highest BCUT2D eigenvalue weighted by molar-refractivity contribution is 7.15. The fraction of sp³-hybridized carbons (Fsp3) is 0.545. The van der Waals surface area contributed by atoms with Crippen molar-refractivity contribution in [2.75, 3.05) is 18.0 Å². The molecule has 0 aliphatic rings. The van der Waals surface area contributed by atoms with E-state index in [1.165, 1.54) is 0 Å². The van der Waals surface area contributed by atoms with E-state index in [-0.39, 0.29) is 6.61 Å². The molecule has 88 valence electrons. The highest BCUT2D eigenvalue weighted by atomic mass is 32.1. The van der Waals surface area contributed by atoms with Gasteiger partial charge in [0.1, 0.15) is 0 Å². The molecule has 2 aromatic heterocycles. The molecule has 0 amide bonds. The lowest BCUT2D eigenvalue weighted by molar-refractivity contribution is 0.276.